The van der Waals surface area contributed by atoms with Gasteiger partial charge in [-0.1, -0.05) is 38.4 Å². The van der Waals surface area contributed by atoms with E-state index < -0.39 is 6.09 Å². The molecule has 9 heteroatoms. The van der Waals surface area contributed by atoms with Crippen LogP contribution in [0.4, 0.5) is 10.5 Å². The fourth-order valence-corrected chi connectivity index (χ4v) is 4.87. The zero-order valence-electron chi connectivity index (χ0n) is 21.5. The maximum Gasteiger partial charge on any atom is 0.412 e. The number of carboxylic acid groups (broad SMARTS) is 1. The van der Waals surface area contributed by atoms with Crippen molar-refractivity contribution in [2.45, 2.75) is 46.2 Å². The number of halogens is 1. The Balaban J connectivity index is 1.80. The van der Waals surface area contributed by atoms with Gasteiger partial charge < -0.3 is 19.1 Å². The van der Waals surface area contributed by atoms with E-state index in [4.69, 9.17) is 21.1 Å². The maximum atomic E-state index is 13.3. The van der Waals surface area contributed by atoms with Crippen molar-refractivity contribution in [1.29, 1.82) is 0 Å². The van der Waals surface area contributed by atoms with Crippen LogP contribution in [0.2, 0.25) is 5.02 Å². The summed E-state index contributed by atoms with van der Waals surface area (Å²) < 4.78 is 13.0. The van der Waals surface area contributed by atoms with E-state index in [-0.39, 0.29) is 29.1 Å². The quantitative estimate of drug-likeness (QED) is 0.373. The van der Waals surface area contributed by atoms with Gasteiger partial charge in [-0.15, -0.1) is 0 Å². The largest absolute Gasteiger partial charge is 0.492 e. The molecule has 0 bridgehead atoms. The van der Waals surface area contributed by atoms with Crippen LogP contribution in [0.25, 0.3) is 11.3 Å². The van der Waals surface area contributed by atoms with Gasteiger partial charge in [0.2, 0.25) is 5.43 Å². The third-order valence-corrected chi connectivity index (χ3v) is 6.86. The first-order valence-corrected chi connectivity index (χ1v) is 12.6. The molecule has 1 aromatic carbocycles. The van der Waals surface area contributed by atoms with Crippen molar-refractivity contribution in [2.75, 3.05) is 25.2 Å². The highest BCUT2D eigenvalue weighted by molar-refractivity contribution is 6.32. The Bertz CT molecular complexity index is 1330. The first-order chi connectivity index (χ1) is 17.6. The molecule has 0 spiro atoms. The van der Waals surface area contributed by atoms with Crippen molar-refractivity contribution in [2.24, 2.45) is 5.41 Å². The summed E-state index contributed by atoms with van der Waals surface area (Å²) >= 11 is 6.58. The topological polar surface area (TPSA) is 93.9 Å². The Kier molecular flexibility index (Phi) is 7.90. The second-order valence-electron chi connectivity index (χ2n) is 10.2. The van der Waals surface area contributed by atoms with Gasteiger partial charge in [-0.2, -0.15) is 0 Å². The third kappa shape index (κ3) is 5.81. The number of hydrogen-bond donors (Lipinski definition) is 1. The number of ether oxygens (including phenoxy) is 2. The molecule has 1 aliphatic heterocycles. The maximum absolute atomic E-state index is 13.3. The lowest BCUT2D eigenvalue weighted by Gasteiger charge is -2.39. The monoisotopic (exact) mass is 525 g/mol. The van der Waals surface area contributed by atoms with Gasteiger partial charge in [-0.25, -0.2) is 4.79 Å². The van der Waals surface area contributed by atoms with E-state index in [1.54, 1.807) is 37.7 Å². The Labute approximate surface area is 221 Å². The van der Waals surface area contributed by atoms with Crippen molar-refractivity contribution in [3.05, 3.63) is 75.3 Å². The summed E-state index contributed by atoms with van der Waals surface area (Å²) in [5.74, 6) is 0.601. The molecule has 0 saturated heterocycles. The smallest absolute Gasteiger partial charge is 0.412 e. The third-order valence-electron chi connectivity index (χ3n) is 6.56. The minimum Gasteiger partial charge on any atom is -0.492 e. The minimum absolute atomic E-state index is 0.0306. The first-order valence-electron chi connectivity index (χ1n) is 12.2. The molecule has 37 heavy (non-hydrogen) atoms. The predicted molar refractivity (Wildman–Crippen MR) is 144 cm³/mol. The second kappa shape index (κ2) is 10.9. The first kappa shape index (κ1) is 26.7. The lowest BCUT2D eigenvalue weighted by Crippen LogP contribution is -2.36. The molecule has 4 rings (SSSR count). The Morgan fingerprint density at radius 2 is 2.03 bits per heavy atom. The SMILES string of the molecule is COCCCOc1cc2c(cc1Cl)-c1cc(=O)c(N(Cc3ccccn3)C(=O)O)cn1C(C(C)(C)C)C2. The number of anilines is 1. The summed E-state index contributed by atoms with van der Waals surface area (Å²) in [6.07, 6.45) is 3.46. The molecule has 3 heterocycles. The van der Waals surface area contributed by atoms with Gasteiger partial charge in [0.15, 0.2) is 0 Å². The van der Waals surface area contributed by atoms with Crippen LogP contribution in [-0.2, 0) is 17.7 Å². The standard InChI is InChI=1S/C28H32ClN3O5/c1-28(2,3)26-13-18-12-25(37-11-7-10-36-4)21(29)14-20(18)22-15-24(33)23(17-31(22)26)32(27(34)35)16-19-8-5-6-9-30-19/h5-6,8-9,12,14-15,17,26H,7,10-11,13,16H2,1-4H3,(H,34,35). The van der Waals surface area contributed by atoms with Crippen molar-refractivity contribution < 1.29 is 19.4 Å². The number of rotatable bonds is 8. The fraction of sp³-hybridized carbons (Fsp3) is 0.393. The second-order valence-corrected chi connectivity index (χ2v) is 10.6. The highest BCUT2D eigenvalue weighted by atomic mass is 35.5. The van der Waals surface area contributed by atoms with Gasteiger partial charge in [-0.05, 0) is 41.7 Å². The number of fused-ring (bicyclic) bond motifs is 3. The Morgan fingerprint density at radius 1 is 1.24 bits per heavy atom. The molecule has 0 aliphatic carbocycles. The number of pyridine rings is 2. The van der Waals surface area contributed by atoms with Gasteiger partial charge >= 0.3 is 6.09 Å². The molecule has 8 nitrogen and oxygen atoms in total. The van der Waals surface area contributed by atoms with Crippen LogP contribution in [-0.4, -0.2) is 41.1 Å². The Hall–Kier alpha value is -3.36. The normalized spacial score (nSPS) is 14.6. The van der Waals surface area contributed by atoms with Gasteiger partial charge in [0.25, 0.3) is 0 Å². The molecule has 1 aliphatic rings. The van der Waals surface area contributed by atoms with E-state index in [9.17, 15) is 14.7 Å². The zero-order chi connectivity index (χ0) is 26.7. The van der Waals surface area contributed by atoms with Gasteiger partial charge in [0, 0.05) is 50.2 Å². The average Bonchev–Trinajstić information content (AvgIpc) is 2.85. The number of amides is 1. The lowest BCUT2D eigenvalue weighted by molar-refractivity contribution is 0.172. The molecule has 3 aromatic rings. The van der Waals surface area contributed by atoms with E-state index in [0.29, 0.717) is 41.8 Å². The number of benzene rings is 1. The van der Waals surface area contributed by atoms with E-state index in [1.165, 1.54) is 6.07 Å². The van der Waals surface area contributed by atoms with Crippen LogP contribution in [0.3, 0.4) is 0 Å². The molecule has 0 radical (unpaired) electrons. The number of carbonyl (C=O) groups is 1. The van der Waals surface area contributed by atoms with E-state index in [2.05, 4.69) is 25.8 Å². The minimum atomic E-state index is -1.22. The fourth-order valence-electron chi connectivity index (χ4n) is 4.65. The van der Waals surface area contributed by atoms with Crippen LogP contribution in [0.15, 0.2) is 53.6 Å². The number of aromatic nitrogens is 2. The van der Waals surface area contributed by atoms with Crippen LogP contribution >= 0.6 is 11.6 Å². The number of hydrogen-bond acceptors (Lipinski definition) is 5. The molecule has 0 saturated carbocycles. The summed E-state index contributed by atoms with van der Waals surface area (Å²) in [5, 5.41) is 10.4. The molecule has 1 unspecified atom stereocenters. The molecule has 1 N–H and O–H groups in total. The Morgan fingerprint density at radius 3 is 2.68 bits per heavy atom. The average molecular weight is 526 g/mol. The molecule has 1 atom stereocenters. The van der Waals surface area contributed by atoms with Crippen LogP contribution in [0.1, 0.15) is 44.5 Å². The zero-order valence-corrected chi connectivity index (χ0v) is 22.3. The molecule has 196 valence electrons. The molecular weight excluding hydrogens is 494 g/mol. The van der Waals surface area contributed by atoms with Crippen LogP contribution in [0, 0.1) is 5.41 Å². The van der Waals surface area contributed by atoms with Gasteiger partial charge in [0.05, 0.1) is 29.6 Å². The van der Waals surface area contributed by atoms with E-state index >= 15 is 0 Å². The van der Waals surface area contributed by atoms with Crippen molar-refractivity contribution in [3.63, 3.8) is 0 Å². The van der Waals surface area contributed by atoms with Crippen molar-refractivity contribution in [3.8, 4) is 17.0 Å². The highest BCUT2D eigenvalue weighted by Crippen LogP contribution is 2.45. The summed E-state index contributed by atoms with van der Waals surface area (Å²) in [4.78, 5) is 30.8. The van der Waals surface area contributed by atoms with Gasteiger partial charge in [0.1, 0.15) is 11.4 Å². The van der Waals surface area contributed by atoms with Crippen molar-refractivity contribution >= 4 is 23.4 Å². The van der Waals surface area contributed by atoms with Crippen LogP contribution < -0.4 is 15.1 Å². The summed E-state index contributed by atoms with van der Waals surface area (Å²) in [5.41, 5.74) is 2.63. The van der Waals surface area contributed by atoms with Crippen molar-refractivity contribution in [1.82, 2.24) is 9.55 Å². The summed E-state index contributed by atoms with van der Waals surface area (Å²) in [6, 6.07) is 10.5. The molecule has 1 amide bonds. The molecule has 0 fully saturated rings. The van der Waals surface area contributed by atoms with E-state index in [1.807, 2.05) is 16.7 Å². The number of nitrogens with zero attached hydrogens (tertiary/aromatic N) is 3. The lowest BCUT2D eigenvalue weighted by atomic mass is 9.79. The summed E-state index contributed by atoms with van der Waals surface area (Å²) in [7, 11) is 1.65. The van der Waals surface area contributed by atoms with E-state index in [0.717, 1.165) is 22.4 Å². The highest BCUT2D eigenvalue weighted by Gasteiger charge is 2.34. The van der Waals surface area contributed by atoms with Gasteiger partial charge in [-0.3, -0.25) is 14.7 Å². The molecule has 2 aromatic heterocycles. The number of methoxy groups -OCH3 is 1. The summed E-state index contributed by atoms with van der Waals surface area (Å²) in [6.45, 7) is 7.44. The van der Waals surface area contributed by atoms with Crippen LogP contribution in [0.5, 0.6) is 5.75 Å². The predicted octanol–water partition coefficient (Wildman–Crippen LogP) is 5.81. The molecular formula is C28H32ClN3O5.